The third-order valence-electron chi connectivity index (χ3n) is 3.98. The van der Waals surface area contributed by atoms with Gasteiger partial charge >= 0.3 is 0 Å². The molecule has 112 valence electrons. The van der Waals surface area contributed by atoms with Crippen LogP contribution in [0.3, 0.4) is 0 Å². The van der Waals surface area contributed by atoms with E-state index in [2.05, 4.69) is 30.8 Å². The van der Waals surface area contributed by atoms with Gasteiger partial charge in [-0.05, 0) is 32.1 Å². The van der Waals surface area contributed by atoms with Crippen LogP contribution in [0.15, 0.2) is 0 Å². The summed E-state index contributed by atoms with van der Waals surface area (Å²) in [6.45, 7) is 2.61. The molecule has 1 saturated heterocycles. The fourth-order valence-electron chi connectivity index (χ4n) is 2.74. The molecule has 0 radical (unpaired) electrons. The van der Waals surface area contributed by atoms with Crippen molar-refractivity contribution in [1.29, 1.82) is 5.26 Å². The van der Waals surface area contributed by atoms with Gasteiger partial charge in [0.2, 0.25) is 17.8 Å². The van der Waals surface area contributed by atoms with E-state index < -0.39 is 0 Å². The standard InChI is InChI=1S/C14H21N7/c15-7-4-10-21(11-5-6-11)14-18-12(16)17-13(19-14)20-8-2-1-3-9-20/h11H,1-6,8-10H2,(H2,16,17,18,19). The highest BCUT2D eigenvalue weighted by atomic mass is 15.4. The number of hydrogen-bond donors (Lipinski definition) is 1. The number of nitrogens with zero attached hydrogens (tertiary/aromatic N) is 6. The highest BCUT2D eigenvalue weighted by molar-refractivity contribution is 5.45. The Morgan fingerprint density at radius 2 is 1.95 bits per heavy atom. The van der Waals surface area contributed by atoms with Crippen LogP contribution in [-0.4, -0.2) is 40.6 Å². The number of nitrogen functional groups attached to an aromatic ring is 1. The lowest BCUT2D eigenvalue weighted by molar-refractivity contribution is 0.567. The molecule has 2 N–H and O–H groups in total. The lowest BCUT2D eigenvalue weighted by Gasteiger charge is -2.28. The smallest absolute Gasteiger partial charge is 0.232 e. The normalized spacial score (nSPS) is 18.3. The Bertz CT molecular complexity index is 529. The van der Waals surface area contributed by atoms with E-state index in [1.807, 2.05) is 0 Å². The third-order valence-corrected chi connectivity index (χ3v) is 3.98. The van der Waals surface area contributed by atoms with Gasteiger partial charge in [0, 0.05) is 25.7 Å². The van der Waals surface area contributed by atoms with Crippen molar-refractivity contribution in [1.82, 2.24) is 15.0 Å². The fourth-order valence-corrected chi connectivity index (χ4v) is 2.74. The van der Waals surface area contributed by atoms with Gasteiger partial charge in [-0.15, -0.1) is 0 Å². The molecule has 0 atom stereocenters. The zero-order chi connectivity index (χ0) is 14.7. The summed E-state index contributed by atoms with van der Waals surface area (Å²) >= 11 is 0. The van der Waals surface area contributed by atoms with Crippen LogP contribution in [0.1, 0.15) is 38.5 Å². The summed E-state index contributed by atoms with van der Waals surface area (Å²) in [5.74, 6) is 1.57. The Morgan fingerprint density at radius 3 is 2.62 bits per heavy atom. The molecule has 2 fully saturated rings. The number of aromatic nitrogens is 3. The molecule has 1 aromatic rings. The first-order chi connectivity index (χ1) is 10.3. The van der Waals surface area contributed by atoms with E-state index in [0.717, 1.165) is 25.9 Å². The topological polar surface area (TPSA) is 95.0 Å². The van der Waals surface area contributed by atoms with Crippen molar-refractivity contribution >= 4 is 17.8 Å². The van der Waals surface area contributed by atoms with Crippen molar-refractivity contribution in [2.24, 2.45) is 0 Å². The summed E-state index contributed by atoms with van der Waals surface area (Å²) in [4.78, 5) is 17.5. The molecule has 0 unspecified atom stereocenters. The third kappa shape index (κ3) is 3.32. The van der Waals surface area contributed by atoms with Crippen LogP contribution in [0.25, 0.3) is 0 Å². The largest absolute Gasteiger partial charge is 0.368 e. The molecular weight excluding hydrogens is 266 g/mol. The van der Waals surface area contributed by atoms with Crippen LogP contribution in [0.4, 0.5) is 17.8 Å². The molecule has 3 rings (SSSR count). The molecule has 1 aromatic heterocycles. The number of rotatable bonds is 5. The predicted molar refractivity (Wildman–Crippen MR) is 80.9 cm³/mol. The van der Waals surface area contributed by atoms with Crippen molar-refractivity contribution in [3.8, 4) is 6.07 Å². The van der Waals surface area contributed by atoms with Crippen LogP contribution in [0, 0.1) is 11.3 Å². The molecule has 7 heteroatoms. The minimum absolute atomic E-state index is 0.267. The van der Waals surface area contributed by atoms with E-state index in [1.54, 1.807) is 0 Å². The van der Waals surface area contributed by atoms with E-state index in [-0.39, 0.29) is 5.95 Å². The molecule has 0 amide bonds. The van der Waals surface area contributed by atoms with Crippen molar-refractivity contribution in [2.75, 3.05) is 35.2 Å². The zero-order valence-electron chi connectivity index (χ0n) is 12.2. The Hall–Kier alpha value is -2.10. The lowest BCUT2D eigenvalue weighted by atomic mass is 10.1. The second-order valence-electron chi connectivity index (χ2n) is 5.67. The van der Waals surface area contributed by atoms with Gasteiger partial charge in [-0.2, -0.15) is 20.2 Å². The van der Waals surface area contributed by atoms with Gasteiger partial charge in [-0.3, -0.25) is 0 Å². The molecular formula is C14H21N7. The lowest BCUT2D eigenvalue weighted by Crippen LogP contribution is -2.33. The molecule has 1 aliphatic carbocycles. The maximum absolute atomic E-state index is 8.81. The van der Waals surface area contributed by atoms with E-state index in [0.29, 0.717) is 30.9 Å². The zero-order valence-corrected chi connectivity index (χ0v) is 12.2. The summed E-state index contributed by atoms with van der Waals surface area (Å²) in [6.07, 6.45) is 6.34. The molecule has 21 heavy (non-hydrogen) atoms. The van der Waals surface area contributed by atoms with Crippen molar-refractivity contribution in [2.45, 2.75) is 44.6 Å². The maximum atomic E-state index is 8.81. The number of nitrogens with two attached hydrogens (primary N) is 1. The van der Waals surface area contributed by atoms with Crippen LogP contribution >= 0.6 is 0 Å². The predicted octanol–water partition coefficient (Wildman–Crippen LogP) is 1.33. The first-order valence-electron chi connectivity index (χ1n) is 7.68. The molecule has 7 nitrogen and oxygen atoms in total. The van der Waals surface area contributed by atoms with Gasteiger partial charge in [-0.1, -0.05) is 0 Å². The molecule has 1 aliphatic heterocycles. The average Bonchev–Trinajstić information content (AvgIpc) is 3.33. The summed E-state index contributed by atoms with van der Waals surface area (Å²) in [6, 6.07) is 2.64. The Kier molecular flexibility index (Phi) is 4.04. The summed E-state index contributed by atoms with van der Waals surface area (Å²) < 4.78 is 0. The molecule has 2 heterocycles. The number of nitriles is 1. The Labute approximate surface area is 124 Å². The average molecular weight is 287 g/mol. The molecule has 1 saturated carbocycles. The first kappa shape index (κ1) is 13.9. The monoisotopic (exact) mass is 287 g/mol. The molecule has 0 bridgehead atoms. The SMILES string of the molecule is N#CCCN(c1nc(N)nc(N2CCCCC2)n1)C1CC1. The quantitative estimate of drug-likeness (QED) is 0.872. The van der Waals surface area contributed by atoms with Gasteiger partial charge < -0.3 is 15.5 Å². The van der Waals surface area contributed by atoms with Crippen LogP contribution in [0.2, 0.25) is 0 Å². The minimum atomic E-state index is 0.267. The van der Waals surface area contributed by atoms with E-state index in [1.165, 1.54) is 19.3 Å². The fraction of sp³-hybridized carbons (Fsp3) is 0.714. The second-order valence-corrected chi connectivity index (χ2v) is 5.67. The van der Waals surface area contributed by atoms with E-state index in [4.69, 9.17) is 11.0 Å². The van der Waals surface area contributed by atoms with Crippen molar-refractivity contribution in [3.63, 3.8) is 0 Å². The Balaban J connectivity index is 1.83. The van der Waals surface area contributed by atoms with Crippen LogP contribution < -0.4 is 15.5 Å². The van der Waals surface area contributed by atoms with Gasteiger partial charge in [0.15, 0.2) is 0 Å². The summed E-state index contributed by atoms with van der Waals surface area (Å²) in [7, 11) is 0. The van der Waals surface area contributed by atoms with E-state index >= 15 is 0 Å². The van der Waals surface area contributed by atoms with Crippen LogP contribution in [-0.2, 0) is 0 Å². The van der Waals surface area contributed by atoms with Crippen molar-refractivity contribution in [3.05, 3.63) is 0 Å². The van der Waals surface area contributed by atoms with Gasteiger partial charge in [0.05, 0.1) is 12.5 Å². The first-order valence-corrected chi connectivity index (χ1v) is 7.68. The Morgan fingerprint density at radius 1 is 1.19 bits per heavy atom. The summed E-state index contributed by atoms with van der Waals surface area (Å²) in [5, 5.41) is 8.81. The van der Waals surface area contributed by atoms with Crippen molar-refractivity contribution < 1.29 is 0 Å². The highest BCUT2D eigenvalue weighted by Crippen LogP contribution is 2.31. The molecule has 0 aromatic carbocycles. The van der Waals surface area contributed by atoms with Gasteiger partial charge in [-0.25, -0.2) is 0 Å². The molecule has 2 aliphatic rings. The molecule has 0 spiro atoms. The van der Waals surface area contributed by atoms with Gasteiger partial charge in [0.1, 0.15) is 0 Å². The number of anilines is 3. The minimum Gasteiger partial charge on any atom is -0.368 e. The van der Waals surface area contributed by atoms with Gasteiger partial charge in [0.25, 0.3) is 0 Å². The van der Waals surface area contributed by atoms with E-state index in [9.17, 15) is 0 Å². The number of hydrogen-bond acceptors (Lipinski definition) is 7. The maximum Gasteiger partial charge on any atom is 0.232 e. The number of piperidine rings is 1. The second kappa shape index (κ2) is 6.12. The van der Waals surface area contributed by atoms with Crippen LogP contribution in [0.5, 0.6) is 0 Å². The summed E-state index contributed by atoms with van der Waals surface area (Å²) in [5.41, 5.74) is 5.87. The highest BCUT2D eigenvalue weighted by Gasteiger charge is 2.31.